The minimum absolute atomic E-state index is 0.0901. The molecule has 1 aromatic rings. The van der Waals surface area contributed by atoms with E-state index in [1.807, 2.05) is 6.07 Å². The molecule has 0 aromatic carbocycles. The van der Waals surface area contributed by atoms with E-state index in [1.54, 1.807) is 0 Å². The molecule has 0 aliphatic rings. The summed E-state index contributed by atoms with van der Waals surface area (Å²) in [7, 11) is 0. The van der Waals surface area contributed by atoms with E-state index in [0.29, 0.717) is 5.56 Å². The maximum atomic E-state index is 12.6. The zero-order chi connectivity index (χ0) is 9.68. The van der Waals surface area contributed by atoms with Gasteiger partial charge >= 0.3 is 0 Å². The van der Waals surface area contributed by atoms with Gasteiger partial charge in [0, 0.05) is 0 Å². The van der Waals surface area contributed by atoms with Crippen LogP contribution >= 0.6 is 11.6 Å². The second-order valence-electron chi connectivity index (χ2n) is 2.13. The van der Waals surface area contributed by atoms with Crippen LogP contribution in [0.15, 0.2) is 12.3 Å². The van der Waals surface area contributed by atoms with Crippen LogP contribution in [-0.4, -0.2) is 4.98 Å². The predicted octanol–water partition coefficient (Wildman–Crippen LogP) is 2.14. The van der Waals surface area contributed by atoms with E-state index in [1.165, 1.54) is 6.07 Å². The molecule has 0 aliphatic carbocycles. The highest BCUT2D eigenvalue weighted by Crippen LogP contribution is 2.11. The van der Waals surface area contributed by atoms with E-state index in [0.717, 1.165) is 6.20 Å². The second kappa shape index (κ2) is 4.45. The molecule has 1 heterocycles. The first-order valence-corrected chi connectivity index (χ1v) is 3.78. The molecule has 0 atom stereocenters. The fraction of sp³-hybridized carbons (Fsp3) is 0.111. The second-order valence-corrected chi connectivity index (χ2v) is 2.49. The molecule has 0 N–H and O–H groups in total. The standard InChI is InChI=1S/C9H4ClFN2/c10-9-7(3-1-2-4-12)5-8(11)6-13-9/h5-6H,2H2. The molecule has 13 heavy (non-hydrogen) atoms. The van der Waals surface area contributed by atoms with Crippen molar-refractivity contribution in [2.75, 3.05) is 0 Å². The van der Waals surface area contributed by atoms with Crippen LogP contribution < -0.4 is 0 Å². The number of halogens is 2. The van der Waals surface area contributed by atoms with Gasteiger partial charge in [-0.2, -0.15) is 5.26 Å². The monoisotopic (exact) mass is 194 g/mol. The summed E-state index contributed by atoms with van der Waals surface area (Å²) in [5, 5.41) is 8.34. The SMILES string of the molecule is N#CCC#Cc1cc(F)cnc1Cl. The molecule has 0 spiro atoms. The van der Waals surface area contributed by atoms with Crippen LogP contribution in [0.25, 0.3) is 0 Å². The van der Waals surface area contributed by atoms with Gasteiger partial charge in [0.05, 0.1) is 24.3 Å². The van der Waals surface area contributed by atoms with Crippen molar-refractivity contribution in [3.8, 4) is 17.9 Å². The Balaban J connectivity index is 2.97. The van der Waals surface area contributed by atoms with Crippen LogP contribution in [0.5, 0.6) is 0 Å². The molecule has 0 radical (unpaired) electrons. The minimum atomic E-state index is -0.495. The van der Waals surface area contributed by atoms with Crippen LogP contribution in [0.1, 0.15) is 12.0 Å². The van der Waals surface area contributed by atoms with Gasteiger partial charge in [0.2, 0.25) is 0 Å². The maximum Gasteiger partial charge on any atom is 0.144 e. The zero-order valence-electron chi connectivity index (χ0n) is 6.51. The van der Waals surface area contributed by atoms with Gasteiger partial charge in [0.25, 0.3) is 0 Å². The largest absolute Gasteiger partial charge is 0.240 e. The van der Waals surface area contributed by atoms with Crippen molar-refractivity contribution in [3.05, 3.63) is 28.8 Å². The van der Waals surface area contributed by atoms with Crippen LogP contribution in [-0.2, 0) is 0 Å². The number of rotatable bonds is 0. The third-order valence-electron chi connectivity index (χ3n) is 1.20. The minimum Gasteiger partial charge on any atom is -0.240 e. The number of hydrogen-bond donors (Lipinski definition) is 0. The lowest BCUT2D eigenvalue weighted by atomic mass is 10.3. The van der Waals surface area contributed by atoms with Gasteiger partial charge in [-0.3, -0.25) is 0 Å². The topological polar surface area (TPSA) is 36.7 Å². The van der Waals surface area contributed by atoms with Crippen molar-refractivity contribution in [1.82, 2.24) is 4.98 Å². The number of hydrogen-bond acceptors (Lipinski definition) is 2. The van der Waals surface area contributed by atoms with E-state index < -0.39 is 5.82 Å². The molecule has 1 rings (SSSR count). The van der Waals surface area contributed by atoms with Crippen molar-refractivity contribution in [3.63, 3.8) is 0 Å². The first kappa shape index (κ1) is 9.51. The average molecular weight is 195 g/mol. The zero-order valence-corrected chi connectivity index (χ0v) is 7.27. The molecule has 0 amide bonds. The molecular formula is C9H4ClFN2. The van der Waals surface area contributed by atoms with Gasteiger partial charge in [-0.15, -0.1) is 0 Å². The molecule has 0 aliphatic heterocycles. The molecule has 0 saturated carbocycles. The first-order chi connectivity index (χ1) is 6.24. The summed E-state index contributed by atoms with van der Waals surface area (Å²) in [5.41, 5.74) is 0.303. The van der Waals surface area contributed by atoms with Crippen LogP contribution in [0.3, 0.4) is 0 Å². The number of pyridine rings is 1. The molecular weight excluding hydrogens is 191 g/mol. The number of nitrogens with zero attached hydrogens (tertiary/aromatic N) is 2. The van der Waals surface area contributed by atoms with E-state index >= 15 is 0 Å². The Hall–Kier alpha value is -1.58. The predicted molar refractivity (Wildman–Crippen MR) is 46.3 cm³/mol. The summed E-state index contributed by atoms with van der Waals surface area (Å²) in [6.45, 7) is 0. The van der Waals surface area contributed by atoms with E-state index in [-0.39, 0.29) is 11.6 Å². The smallest absolute Gasteiger partial charge is 0.144 e. The lowest BCUT2D eigenvalue weighted by Crippen LogP contribution is -1.84. The molecule has 2 nitrogen and oxygen atoms in total. The Morgan fingerprint density at radius 1 is 1.62 bits per heavy atom. The normalized spacial score (nSPS) is 8.38. The summed E-state index contributed by atoms with van der Waals surface area (Å²) < 4.78 is 12.6. The molecule has 1 aromatic heterocycles. The van der Waals surface area contributed by atoms with Gasteiger partial charge in [0.1, 0.15) is 11.0 Å². The fourth-order valence-corrected chi connectivity index (χ4v) is 0.840. The summed E-state index contributed by atoms with van der Waals surface area (Å²) in [6.07, 6.45) is 1.10. The highest BCUT2D eigenvalue weighted by atomic mass is 35.5. The van der Waals surface area contributed by atoms with Crippen LogP contribution in [0, 0.1) is 29.0 Å². The van der Waals surface area contributed by atoms with Crippen molar-refractivity contribution in [2.24, 2.45) is 0 Å². The van der Waals surface area contributed by atoms with Crippen molar-refractivity contribution >= 4 is 11.6 Å². The summed E-state index contributed by atoms with van der Waals surface area (Å²) in [6, 6.07) is 3.02. The third kappa shape index (κ3) is 2.74. The first-order valence-electron chi connectivity index (χ1n) is 3.41. The molecule has 0 bridgehead atoms. The van der Waals surface area contributed by atoms with Crippen molar-refractivity contribution in [2.45, 2.75) is 6.42 Å². The number of nitriles is 1. The Morgan fingerprint density at radius 2 is 2.38 bits per heavy atom. The number of aromatic nitrogens is 1. The highest BCUT2D eigenvalue weighted by Gasteiger charge is 1.99. The van der Waals surface area contributed by atoms with Crippen LogP contribution in [0.2, 0.25) is 5.15 Å². The van der Waals surface area contributed by atoms with Crippen molar-refractivity contribution in [1.29, 1.82) is 5.26 Å². The molecule has 0 unspecified atom stereocenters. The highest BCUT2D eigenvalue weighted by molar-refractivity contribution is 6.30. The maximum absolute atomic E-state index is 12.6. The quantitative estimate of drug-likeness (QED) is 0.469. The van der Waals surface area contributed by atoms with Gasteiger partial charge in [-0.1, -0.05) is 23.4 Å². The summed E-state index contributed by atoms with van der Waals surface area (Å²) in [5.74, 6) is 4.57. The van der Waals surface area contributed by atoms with Gasteiger partial charge in [-0.05, 0) is 6.07 Å². The van der Waals surface area contributed by atoms with E-state index in [9.17, 15) is 4.39 Å². The summed E-state index contributed by atoms with van der Waals surface area (Å²) in [4.78, 5) is 3.56. The Kier molecular flexibility index (Phi) is 3.25. The Labute approximate surface area is 80.0 Å². The van der Waals surface area contributed by atoms with E-state index in [4.69, 9.17) is 16.9 Å². The van der Waals surface area contributed by atoms with Gasteiger partial charge in [0.15, 0.2) is 0 Å². The molecule has 64 valence electrons. The van der Waals surface area contributed by atoms with Gasteiger partial charge < -0.3 is 0 Å². The molecule has 4 heteroatoms. The summed E-state index contributed by atoms with van der Waals surface area (Å²) >= 11 is 5.61. The Bertz CT molecular complexity index is 412. The van der Waals surface area contributed by atoms with Crippen LogP contribution in [0.4, 0.5) is 4.39 Å². The average Bonchev–Trinajstić information content (AvgIpc) is 2.11. The van der Waals surface area contributed by atoms with Gasteiger partial charge in [-0.25, -0.2) is 9.37 Å². The Morgan fingerprint density at radius 3 is 3.08 bits per heavy atom. The fourth-order valence-electron chi connectivity index (χ4n) is 0.689. The third-order valence-corrected chi connectivity index (χ3v) is 1.50. The molecule has 0 fully saturated rings. The van der Waals surface area contributed by atoms with Crippen molar-refractivity contribution < 1.29 is 4.39 Å². The molecule has 0 saturated heterocycles. The lowest BCUT2D eigenvalue weighted by Gasteiger charge is -1.93. The lowest BCUT2D eigenvalue weighted by molar-refractivity contribution is 0.621. The van der Waals surface area contributed by atoms with E-state index in [2.05, 4.69) is 16.8 Å².